The zero-order valence-corrected chi connectivity index (χ0v) is 20.6. The summed E-state index contributed by atoms with van der Waals surface area (Å²) in [6, 6.07) is 15.0. The first-order valence-corrected chi connectivity index (χ1v) is 11.3. The second-order valence-corrected chi connectivity index (χ2v) is 7.88. The smallest absolute Gasteiger partial charge is 0.337 e. The van der Waals surface area contributed by atoms with E-state index in [1.54, 1.807) is 61.5 Å². The van der Waals surface area contributed by atoms with Gasteiger partial charge in [-0.15, -0.1) is 0 Å². The predicted molar refractivity (Wildman–Crippen MR) is 132 cm³/mol. The van der Waals surface area contributed by atoms with Gasteiger partial charge in [0.25, 0.3) is 5.91 Å². The third-order valence-corrected chi connectivity index (χ3v) is 5.46. The Labute approximate surface area is 209 Å². The number of methoxy groups -OCH3 is 1. The lowest BCUT2D eigenvalue weighted by Gasteiger charge is -2.11. The summed E-state index contributed by atoms with van der Waals surface area (Å²) in [5.41, 5.74) is 3.44. The van der Waals surface area contributed by atoms with Crippen LogP contribution in [0.1, 0.15) is 49.4 Å². The van der Waals surface area contributed by atoms with Crippen molar-refractivity contribution in [2.75, 3.05) is 26.9 Å². The van der Waals surface area contributed by atoms with Gasteiger partial charge in [-0.05, 0) is 75.4 Å². The Morgan fingerprint density at radius 3 is 2.17 bits per heavy atom. The van der Waals surface area contributed by atoms with Crippen molar-refractivity contribution in [1.29, 1.82) is 0 Å². The Bertz CT molecular complexity index is 1260. The molecule has 2 aromatic carbocycles. The fourth-order valence-electron chi connectivity index (χ4n) is 3.71. The molecule has 36 heavy (non-hydrogen) atoms. The molecule has 1 heterocycles. The Balaban J connectivity index is 1.56. The maximum absolute atomic E-state index is 12.7. The van der Waals surface area contributed by atoms with E-state index >= 15 is 0 Å². The van der Waals surface area contributed by atoms with E-state index in [9.17, 15) is 19.2 Å². The second-order valence-electron chi connectivity index (χ2n) is 7.88. The van der Waals surface area contributed by atoms with E-state index in [-0.39, 0.29) is 12.3 Å². The molecule has 3 rings (SSSR count). The molecule has 3 aromatic rings. The summed E-state index contributed by atoms with van der Waals surface area (Å²) in [6.45, 7) is 5.19. The van der Waals surface area contributed by atoms with Crippen LogP contribution >= 0.6 is 0 Å². The number of Topliss-reactive ketones (excluding diaryl/α,β-unsaturated/α-hetero) is 1. The SMILES string of the molecule is CCOc1ccc(C(=O)NCC(=O)OCC(=O)c2cc(C)n(-c3ccc(C(=O)OC)cc3)c2C)cc1. The number of aryl methyl sites for hydroxylation is 1. The molecule has 9 nitrogen and oxygen atoms in total. The number of hydrogen-bond donors (Lipinski definition) is 1. The van der Waals surface area contributed by atoms with Gasteiger partial charge in [0.2, 0.25) is 5.78 Å². The van der Waals surface area contributed by atoms with Crippen LogP contribution in [0.3, 0.4) is 0 Å². The monoisotopic (exact) mass is 492 g/mol. The number of esters is 2. The topological polar surface area (TPSA) is 113 Å². The third kappa shape index (κ3) is 6.18. The van der Waals surface area contributed by atoms with Crippen LogP contribution in [0.15, 0.2) is 54.6 Å². The van der Waals surface area contributed by atoms with Gasteiger partial charge in [-0.1, -0.05) is 0 Å². The van der Waals surface area contributed by atoms with Crippen LogP contribution < -0.4 is 10.1 Å². The molecule has 0 unspecified atom stereocenters. The summed E-state index contributed by atoms with van der Waals surface area (Å²) in [4.78, 5) is 48.7. The van der Waals surface area contributed by atoms with Crippen molar-refractivity contribution in [3.05, 3.63) is 82.7 Å². The molecule has 9 heteroatoms. The lowest BCUT2D eigenvalue weighted by Crippen LogP contribution is -2.31. The quantitative estimate of drug-likeness (QED) is 0.341. The number of ketones is 1. The number of rotatable bonds is 10. The first kappa shape index (κ1) is 26.2. The Kier molecular flexibility index (Phi) is 8.61. The number of hydrogen-bond acceptors (Lipinski definition) is 7. The van der Waals surface area contributed by atoms with Crippen molar-refractivity contribution in [3.8, 4) is 11.4 Å². The fourth-order valence-corrected chi connectivity index (χ4v) is 3.71. The van der Waals surface area contributed by atoms with Crippen LogP contribution in [0.25, 0.3) is 5.69 Å². The summed E-state index contributed by atoms with van der Waals surface area (Å²) in [7, 11) is 1.32. The number of carbonyl (C=O) groups excluding carboxylic acids is 4. The highest BCUT2D eigenvalue weighted by molar-refractivity contribution is 6.00. The van der Waals surface area contributed by atoms with Crippen molar-refractivity contribution in [3.63, 3.8) is 0 Å². The molecule has 0 bridgehead atoms. The van der Waals surface area contributed by atoms with Gasteiger partial charge in [-0.25, -0.2) is 4.79 Å². The van der Waals surface area contributed by atoms with Crippen LogP contribution in [0.2, 0.25) is 0 Å². The number of nitrogens with zero attached hydrogens (tertiary/aromatic N) is 1. The van der Waals surface area contributed by atoms with Gasteiger partial charge in [0.05, 0.1) is 19.3 Å². The molecule has 1 amide bonds. The lowest BCUT2D eigenvalue weighted by atomic mass is 10.1. The van der Waals surface area contributed by atoms with Crippen molar-refractivity contribution in [2.24, 2.45) is 0 Å². The van der Waals surface area contributed by atoms with Gasteiger partial charge >= 0.3 is 11.9 Å². The largest absolute Gasteiger partial charge is 0.494 e. The molecule has 1 N–H and O–H groups in total. The Morgan fingerprint density at radius 1 is 0.917 bits per heavy atom. The number of benzene rings is 2. The summed E-state index contributed by atoms with van der Waals surface area (Å²) >= 11 is 0. The van der Waals surface area contributed by atoms with Crippen LogP contribution in [0.4, 0.5) is 0 Å². The number of nitrogens with one attached hydrogen (secondary N) is 1. The van der Waals surface area contributed by atoms with Gasteiger partial charge in [0.15, 0.2) is 6.61 Å². The maximum Gasteiger partial charge on any atom is 0.337 e. The van der Waals surface area contributed by atoms with Gasteiger partial charge in [0, 0.05) is 28.2 Å². The van der Waals surface area contributed by atoms with E-state index in [1.165, 1.54) is 7.11 Å². The van der Waals surface area contributed by atoms with Gasteiger partial charge in [-0.3, -0.25) is 14.4 Å². The summed E-state index contributed by atoms with van der Waals surface area (Å²) in [5.74, 6) is -1.33. The van der Waals surface area contributed by atoms with Gasteiger partial charge in [0.1, 0.15) is 12.3 Å². The minimum atomic E-state index is -0.727. The van der Waals surface area contributed by atoms with Crippen molar-refractivity contribution >= 4 is 23.6 Å². The van der Waals surface area contributed by atoms with Gasteiger partial charge in [-0.2, -0.15) is 0 Å². The van der Waals surface area contributed by atoms with E-state index in [0.29, 0.717) is 34.7 Å². The number of carbonyl (C=O) groups is 4. The van der Waals surface area contributed by atoms with Crippen molar-refractivity contribution in [2.45, 2.75) is 20.8 Å². The van der Waals surface area contributed by atoms with E-state index in [2.05, 4.69) is 5.32 Å². The fraction of sp³-hybridized carbons (Fsp3) is 0.259. The molecule has 188 valence electrons. The molecule has 1 aromatic heterocycles. The highest BCUT2D eigenvalue weighted by Crippen LogP contribution is 2.22. The van der Waals surface area contributed by atoms with Crippen molar-refractivity contribution in [1.82, 2.24) is 9.88 Å². The maximum atomic E-state index is 12.7. The van der Waals surface area contributed by atoms with E-state index in [4.69, 9.17) is 14.2 Å². The lowest BCUT2D eigenvalue weighted by molar-refractivity contribution is -0.141. The van der Waals surface area contributed by atoms with Crippen LogP contribution in [0.5, 0.6) is 5.75 Å². The predicted octanol–water partition coefficient (Wildman–Crippen LogP) is 3.44. The summed E-state index contributed by atoms with van der Waals surface area (Å²) < 4.78 is 17.0. The highest BCUT2D eigenvalue weighted by Gasteiger charge is 2.19. The molecule has 0 aliphatic heterocycles. The molecule has 0 aliphatic rings. The zero-order valence-electron chi connectivity index (χ0n) is 20.6. The average molecular weight is 493 g/mol. The first-order valence-electron chi connectivity index (χ1n) is 11.3. The zero-order chi connectivity index (χ0) is 26.2. The number of aromatic nitrogens is 1. The molecule has 0 fully saturated rings. The molecule has 0 atom stereocenters. The summed E-state index contributed by atoms with van der Waals surface area (Å²) in [5, 5.41) is 2.47. The minimum Gasteiger partial charge on any atom is -0.494 e. The molecule has 0 saturated carbocycles. The van der Waals surface area contributed by atoms with E-state index in [1.807, 2.05) is 18.4 Å². The standard InChI is InChI=1S/C27H28N2O7/c1-5-35-22-12-8-19(9-13-22)26(32)28-15-25(31)36-16-24(30)23-14-17(2)29(18(23)3)21-10-6-20(7-11-21)27(33)34-4/h6-14H,5,15-16H2,1-4H3,(H,28,32). The average Bonchev–Trinajstić information content (AvgIpc) is 3.19. The highest BCUT2D eigenvalue weighted by atomic mass is 16.5. The molecular weight excluding hydrogens is 464 g/mol. The minimum absolute atomic E-state index is 0.369. The van der Waals surface area contributed by atoms with Crippen molar-refractivity contribution < 1.29 is 33.4 Å². The molecule has 0 saturated heterocycles. The number of amides is 1. The van der Waals surface area contributed by atoms with E-state index in [0.717, 1.165) is 11.4 Å². The Hall–Kier alpha value is -4.40. The van der Waals surface area contributed by atoms with Gasteiger partial charge < -0.3 is 24.1 Å². The third-order valence-electron chi connectivity index (χ3n) is 5.46. The van der Waals surface area contributed by atoms with E-state index < -0.39 is 24.5 Å². The Morgan fingerprint density at radius 2 is 1.56 bits per heavy atom. The van der Waals surface area contributed by atoms with Crippen LogP contribution in [0, 0.1) is 13.8 Å². The normalized spacial score (nSPS) is 10.4. The second kappa shape index (κ2) is 11.8. The molecular formula is C27H28N2O7. The number of ether oxygens (including phenoxy) is 3. The molecule has 0 aliphatic carbocycles. The van der Waals surface area contributed by atoms with Crippen LogP contribution in [-0.4, -0.2) is 55.1 Å². The molecule has 0 radical (unpaired) electrons. The molecule has 0 spiro atoms. The summed E-state index contributed by atoms with van der Waals surface area (Å²) in [6.07, 6.45) is 0. The first-order chi connectivity index (χ1) is 17.2. The van der Waals surface area contributed by atoms with Crippen LogP contribution in [-0.2, 0) is 14.3 Å².